The minimum atomic E-state index is -0.579. The van der Waals surface area contributed by atoms with Gasteiger partial charge in [0.05, 0.1) is 5.92 Å². The van der Waals surface area contributed by atoms with Crippen molar-refractivity contribution in [3.05, 3.63) is 0 Å². The van der Waals surface area contributed by atoms with Gasteiger partial charge in [-0.25, -0.2) is 0 Å². The maximum absolute atomic E-state index is 11.0. The number of hydrogen-bond acceptors (Lipinski definition) is 2. The smallest absolute Gasteiger partial charge is 0.306 e. The summed E-state index contributed by atoms with van der Waals surface area (Å²) in [7, 11) is 0. The molecule has 2 unspecified atom stereocenters. The molecule has 0 spiro atoms. The molecule has 3 nitrogen and oxygen atoms in total. The van der Waals surface area contributed by atoms with Gasteiger partial charge < -0.3 is 10.0 Å². The zero-order valence-corrected chi connectivity index (χ0v) is 9.48. The van der Waals surface area contributed by atoms with Crippen molar-refractivity contribution in [1.29, 1.82) is 0 Å². The van der Waals surface area contributed by atoms with Crippen LogP contribution in [0.1, 0.15) is 32.6 Å². The Kier molecular flexibility index (Phi) is 3.29. The van der Waals surface area contributed by atoms with Crippen molar-refractivity contribution in [2.45, 2.75) is 32.6 Å². The summed E-state index contributed by atoms with van der Waals surface area (Å²) in [6.07, 6.45) is 4.38. The van der Waals surface area contributed by atoms with E-state index in [1.54, 1.807) is 0 Å². The lowest BCUT2D eigenvalue weighted by Crippen LogP contribution is -2.49. The topological polar surface area (TPSA) is 40.5 Å². The standard InChI is InChI=1S/C12H21NO2/c1-2-9-6-13(7-9)8-10-4-3-5-11(10)12(14)15/h9-11H,2-8H2,1H3,(H,14,15). The molecule has 2 rings (SSSR count). The molecule has 1 saturated heterocycles. The summed E-state index contributed by atoms with van der Waals surface area (Å²) in [5, 5.41) is 9.07. The maximum atomic E-state index is 11.0. The van der Waals surface area contributed by atoms with Gasteiger partial charge in [0.1, 0.15) is 0 Å². The first-order valence-electron chi connectivity index (χ1n) is 6.16. The van der Waals surface area contributed by atoms with Crippen LogP contribution in [0.3, 0.4) is 0 Å². The highest BCUT2D eigenvalue weighted by Gasteiger charge is 2.36. The van der Waals surface area contributed by atoms with Gasteiger partial charge in [-0.1, -0.05) is 19.8 Å². The Labute approximate surface area is 91.5 Å². The van der Waals surface area contributed by atoms with Crippen LogP contribution in [0, 0.1) is 17.8 Å². The molecule has 0 bridgehead atoms. The Bertz CT molecular complexity index is 236. The van der Waals surface area contributed by atoms with Gasteiger partial charge in [0.15, 0.2) is 0 Å². The Balaban J connectivity index is 1.77. The van der Waals surface area contributed by atoms with E-state index in [9.17, 15) is 4.79 Å². The average molecular weight is 211 g/mol. The van der Waals surface area contributed by atoms with Crippen molar-refractivity contribution < 1.29 is 9.90 Å². The molecular formula is C12H21NO2. The van der Waals surface area contributed by atoms with E-state index in [1.165, 1.54) is 19.5 Å². The van der Waals surface area contributed by atoms with Gasteiger partial charge in [0.2, 0.25) is 0 Å². The van der Waals surface area contributed by atoms with E-state index in [1.807, 2.05) is 0 Å². The van der Waals surface area contributed by atoms with Crippen molar-refractivity contribution in [3.63, 3.8) is 0 Å². The second-order valence-electron chi connectivity index (χ2n) is 5.13. The highest BCUT2D eigenvalue weighted by Crippen LogP contribution is 2.34. The van der Waals surface area contributed by atoms with Crippen LogP contribution in [-0.4, -0.2) is 35.6 Å². The number of carboxylic acids is 1. The minimum absolute atomic E-state index is 0.0642. The predicted octanol–water partition coefficient (Wildman–Crippen LogP) is 1.83. The molecule has 86 valence electrons. The molecule has 3 heteroatoms. The van der Waals surface area contributed by atoms with Crippen molar-refractivity contribution in [2.75, 3.05) is 19.6 Å². The lowest BCUT2D eigenvalue weighted by atomic mass is 9.91. The number of aliphatic carboxylic acids is 1. The van der Waals surface area contributed by atoms with Crippen LogP contribution in [0.4, 0.5) is 0 Å². The van der Waals surface area contributed by atoms with Gasteiger partial charge in [0.25, 0.3) is 0 Å². The Morgan fingerprint density at radius 3 is 2.73 bits per heavy atom. The van der Waals surface area contributed by atoms with Crippen molar-refractivity contribution in [3.8, 4) is 0 Å². The molecule has 2 atom stereocenters. The molecule has 1 aliphatic heterocycles. The molecule has 0 aromatic heterocycles. The summed E-state index contributed by atoms with van der Waals surface area (Å²) in [5.41, 5.74) is 0. The lowest BCUT2D eigenvalue weighted by Gasteiger charge is -2.40. The predicted molar refractivity (Wildman–Crippen MR) is 58.7 cm³/mol. The van der Waals surface area contributed by atoms with Crippen molar-refractivity contribution >= 4 is 5.97 Å². The van der Waals surface area contributed by atoms with Crippen molar-refractivity contribution in [1.82, 2.24) is 4.90 Å². The first-order valence-corrected chi connectivity index (χ1v) is 6.16. The third-order valence-electron chi connectivity index (χ3n) is 4.08. The summed E-state index contributed by atoms with van der Waals surface area (Å²) in [4.78, 5) is 13.4. The van der Waals surface area contributed by atoms with Gasteiger partial charge in [-0.2, -0.15) is 0 Å². The second-order valence-corrected chi connectivity index (χ2v) is 5.13. The van der Waals surface area contributed by atoms with Crippen LogP contribution in [0.2, 0.25) is 0 Å². The van der Waals surface area contributed by atoms with Crippen LogP contribution in [0.25, 0.3) is 0 Å². The number of hydrogen-bond donors (Lipinski definition) is 1. The molecule has 1 saturated carbocycles. The van der Waals surface area contributed by atoms with Crippen molar-refractivity contribution in [2.24, 2.45) is 17.8 Å². The number of likely N-dealkylation sites (tertiary alicyclic amines) is 1. The van der Waals surface area contributed by atoms with Gasteiger partial charge in [-0.05, 0) is 24.7 Å². The van der Waals surface area contributed by atoms with E-state index < -0.39 is 5.97 Å². The van der Waals surface area contributed by atoms with E-state index >= 15 is 0 Å². The van der Waals surface area contributed by atoms with Crippen LogP contribution < -0.4 is 0 Å². The maximum Gasteiger partial charge on any atom is 0.306 e. The second kappa shape index (κ2) is 4.52. The van der Waals surface area contributed by atoms with Crippen LogP contribution in [-0.2, 0) is 4.79 Å². The third-order valence-corrected chi connectivity index (χ3v) is 4.08. The fourth-order valence-corrected chi connectivity index (χ4v) is 3.00. The lowest BCUT2D eigenvalue weighted by molar-refractivity contribution is -0.143. The first kappa shape index (κ1) is 10.9. The van der Waals surface area contributed by atoms with E-state index in [4.69, 9.17) is 5.11 Å². The Hall–Kier alpha value is -0.570. The molecule has 2 fully saturated rings. The van der Waals surface area contributed by atoms with Gasteiger partial charge in [-0.3, -0.25) is 4.79 Å². The minimum Gasteiger partial charge on any atom is -0.481 e. The molecule has 0 aromatic rings. The van der Waals surface area contributed by atoms with Crippen LogP contribution in [0.15, 0.2) is 0 Å². The Morgan fingerprint density at radius 2 is 2.13 bits per heavy atom. The average Bonchev–Trinajstić information content (AvgIpc) is 2.58. The SMILES string of the molecule is CCC1CN(CC2CCCC2C(=O)O)C1. The van der Waals surface area contributed by atoms with Crippen LogP contribution >= 0.6 is 0 Å². The molecule has 0 radical (unpaired) electrons. The molecule has 15 heavy (non-hydrogen) atoms. The summed E-state index contributed by atoms with van der Waals surface area (Å²) in [6, 6.07) is 0. The fourth-order valence-electron chi connectivity index (χ4n) is 3.00. The van der Waals surface area contributed by atoms with Crippen LogP contribution in [0.5, 0.6) is 0 Å². The number of rotatable bonds is 4. The molecular weight excluding hydrogens is 190 g/mol. The highest BCUT2D eigenvalue weighted by atomic mass is 16.4. The van der Waals surface area contributed by atoms with Gasteiger partial charge >= 0.3 is 5.97 Å². The first-order chi connectivity index (χ1) is 7.20. The van der Waals surface area contributed by atoms with E-state index in [2.05, 4.69) is 11.8 Å². The fraction of sp³-hybridized carbons (Fsp3) is 0.917. The summed E-state index contributed by atoms with van der Waals surface area (Å²) < 4.78 is 0. The van der Waals surface area contributed by atoms with E-state index in [0.717, 1.165) is 31.7 Å². The summed E-state index contributed by atoms with van der Waals surface area (Å²) in [6.45, 7) is 5.64. The Morgan fingerprint density at radius 1 is 1.40 bits per heavy atom. The zero-order chi connectivity index (χ0) is 10.8. The normalized spacial score (nSPS) is 32.9. The van der Waals surface area contributed by atoms with Gasteiger partial charge in [-0.15, -0.1) is 0 Å². The number of nitrogens with zero attached hydrogens (tertiary/aromatic N) is 1. The molecule has 1 N–H and O–H groups in total. The summed E-state index contributed by atoms with van der Waals surface area (Å²) in [5.74, 6) is 0.644. The third kappa shape index (κ3) is 2.33. The van der Waals surface area contributed by atoms with Gasteiger partial charge in [0, 0.05) is 19.6 Å². The molecule has 0 amide bonds. The zero-order valence-electron chi connectivity index (χ0n) is 9.48. The molecule has 1 aliphatic carbocycles. The molecule has 1 heterocycles. The highest BCUT2D eigenvalue weighted by molar-refractivity contribution is 5.70. The quantitative estimate of drug-likeness (QED) is 0.771. The number of carboxylic acid groups (broad SMARTS) is 1. The van der Waals surface area contributed by atoms with E-state index in [-0.39, 0.29) is 5.92 Å². The largest absolute Gasteiger partial charge is 0.481 e. The molecule has 2 aliphatic rings. The number of carbonyl (C=O) groups is 1. The summed E-state index contributed by atoms with van der Waals surface area (Å²) >= 11 is 0. The monoisotopic (exact) mass is 211 g/mol. The van der Waals surface area contributed by atoms with E-state index in [0.29, 0.717) is 5.92 Å². The molecule has 0 aromatic carbocycles.